The van der Waals surface area contributed by atoms with Gasteiger partial charge in [-0.05, 0) is 49.4 Å². The van der Waals surface area contributed by atoms with Crippen LogP contribution in [0.5, 0.6) is 5.75 Å². The number of hydrogen-bond donors (Lipinski definition) is 4. The molecule has 2 aromatic rings. The van der Waals surface area contributed by atoms with E-state index in [-0.39, 0.29) is 61.8 Å². The Balaban J connectivity index is 1.47. The summed E-state index contributed by atoms with van der Waals surface area (Å²) in [5, 5.41) is 11.7. The summed E-state index contributed by atoms with van der Waals surface area (Å²) in [5.41, 5.74) is 1.55. The lowest BCUT2D eigenvalue weighted by atomic mass is 9.98. The van der Waals surface area contributed by atoms with E-state index < -0.39 is 23.4 Å². The summed E-state index contributed by atoms with van der Waals surface area (Å²) in [4.78, 5) is 55.1. The molecule has 0 unspecified atom stereocenters. The summed E-state index contributed by atoms with van der Waals surface area (Å²) in [6, 6.07) is 13.6. The SMILES string of the molecule is CC(C)[C@@H]1COc2ccccc2C(=O)N[C@H](C(=O)NCc2ccc(CN3CCOCC3)cc2)CCC(=O)NC(C)(C)CC(=O)N1. The van der Waals surface area contributed by atoms with Crippen molar-refractivity contribution in [1.29, 1.82) is 0 Å². The van der Waals surface area contributed by atoms with Gasteiger partial charge in [0.15, 0.2) is 0 Å². The third-order valence-corrected chi connectivity index (χ3v) is 8.06. The molecule has 2 aliphatic rings. The van der Waals surface area contributed by atoms with Gasteiger partial charge < -0.3 is 30.7 Å². The lowest BCUT2D eigenvalue weighted by Gasteiger charge is -2.29. The Bertz CT molecular complexity index is 1320. The van der Waals surface area contributed by atoms with Crippen LogP contribution in [0.15, 0.2) is 48.5 Å². The molecular weight excluding hydrogens is 574 g/mol. The zero-order chi connectivity index (χ0) is 32.4. The third-order valence-electron chi connectivity index (χ3n) is 8.06. The molecule has 1 fully saturated rings. The van der Waals surface area contributed by atoms with E-state index >= 15 is 0 Å². The van der Waals surface area contributed by atoms with Crippen LogP contribution in [0.25, 0.3) is 0 Å². The first-order chi connectivity index (χ1) is 21.5. The minimum absolute atomic E-state index is 0.0214. The molecule has 0 spiro atoms. The Morgan fingerprint density at radius 1 is 0.978 bits per heavy atom. The second kappa shape index (κ2) is 15.9. The predicted octanol–water partition coefficient (Wildman–Crippen LogP) is 2.53. The number of hydrogen-bond acceptors (Lipinski definition) is 7. The average Bonchev–Trinajstić information content (AvgIpc) is 3.00. The quantitative estimate of drug-likeness (QED) is 0.389. The van der Waals surface area contributed by atoms with Crippen molar-refractivity contribution >= 4 is 23.6 Å². The molecule has 2 aromatic carbocycles. The summed E-state index contributed by atoms with van der Waals surface area (Å²) < 4.78 is 11.5. The van der Waals surface area contributed by atoms with Gasteiger partial charge in [0.2, 0.25) is 17.7 Å². The molecule has 11 heteroatoms. The van der Waals surface area contributed by atoms with Crippen molar-refractivity contribution in [2.24, 2.45) is 5.92 Å². The van der Waals surface area contributed by atoms with E-state index in [9.17, 15) is 19.2 Å². The molecule has 4 N–H and O–H groups in total. The van der Waals surface area contributed by atoms with Crippen molar-refractivity contribution < 1.29 is 28.7 Å². The molecule has 0 aromatic heterocycles. The van der Waals surface area contributed by atoms with Gasteiger partial charge in [-0.15, -0.1) is 0 Å². The van der Waals surface area contributed by atoms with Gasteiger partial charge in [0.05, 0.1) is 24.8 Å². The van der Waals surface area contributed by atoms with Crippen molar-refractivity contribution in [3.05, 3.63) is 65.2 Å². The normalized spacial score (nSPS) is 21.9. The van der Waals surface area contributed by atoms with Gasteiger partial charge >= 0.3 is 0 Å². The smallest absolute Gasteiger partial charge is 0.255 e. The lowest BCUT2D eigenvalue weighted by Crippen LogP contribution is -2.51. The van der Waals surface area contributed by atoms with Gasteiger partial charge in [-0.2, -0.15) is 0 Å². The van der Waals surface area contributed by atoms with Crippen molar-refractivity contribution in [3.63, 3.8) is 0 Å². The van der Waals surface area contributed by atoms with Gasteiger partial charge in [-0.1, -0.05) is 50.2 Å². The van der Waals surface area contributed by atoms with Crippen molar-refractivity contribution in [1.82, 2.24) is 26.2 Å². The summed E-state index contributed by atoms with van der Waals surface area (Å²) in [6.07, 6.45) is 0.124. The highest BCUT2D eigenvalue weighted by Gasteiger charge is 2.29. The van der Waals surface area contributed by atoms with Crippen LogP contribution in [0, 0.1) is 5.92 Å². The highest BCUT2D eigenvalue weighted by atomic mass is 16.5. The first-order valence-electron chi connectivity index (χ1n) is 15.8. The highest BCUT2D eigenvalue weighted by molar-refractivity contribution is 5.99. The van der Waals surface area contributed by atoms with Crippen molar-refractivity contribution in [3.8, 4) is 5.75 Å². The number of carbonyl (C=O) groups is 4. The van der Waals surface area contributed by atoms with E-state index in [1.54, 1.807) is 38.1 Å². The highest BCUT2D eigenvalue weighted by Crippen LogP contribution is 2.20. The average molecular weight is 622 g/mol. The fraction of sp³-hybridized carbons (Fsp3) is 0.529. The maximum absolute atomic E-state index is 13.5. The number of nitrogens with zero attached hydrogens (tertiary/aromatic N) is 1. The first-order valence-corrected chi connectivity index (χ1v) is 15.8. The number of nitrogens with one attached hydrogen (secondary N) is 4. The second-order valence-electron chi connectivity index (χ2n) is 12.8. The predicted molar refractivity (Wildman–Crippen MR) is 170 cm³/mol. The van der Waals surface area contributed by atoms with Crippen LogP contribution < -0.4 is 26.0 Å². The van der Waals surface area contributed by atoms with Gasteiger partial charge in [0, 0.05) is 44.6 Å². The zero-order valence-corrected chi connectivity index (χ0v) is 26.8. The van der Waals surface area contributed by atoms with E-state index in [1.807, 2.05) is 26.0 Å². The van der Waals surface area contributed by atoms with Crippen molar-refractivity contribution in [2.45, 2.75) is 77.7 Å². The second-order valence-corrected chi connectivity index (χ2v) is 12.8. The van der Waals surface area contributed by atoms with E-state index in [0.29, 0.717) is 5.75 Å². The molecule has 244 valence electrons. The Morgan fingerprint density at radius 3 is 2.38 bits per heavy atom. The van der Waals surface area contributed by atoms with Gasteiger partial charge in [0.25, 0.3) is 5.91 Å². The van der Waals surface area contributed by atoms with Crippen LogP contribution in [0.1, 0.15) is 68.4 Å². The largest absolute Gasteiger partial charge is 0.491 e. The van der Waals surface area contributed by atoms with Gasteiger partial charge in [-0.3, -0.25) is 24.1 Å². The molecule has 0 saturated carbocycles. The number of fused-ring (bicyclic) bond motifs is 1. The van der Waals surface area contributed by atoms with E-state index in [2.05, 4.69) is 38.3 Å². The molecule has 2 atom stereocenters. The Kier molecular flexibility index (Phi) is 12.0. The van der Waals surface area contributed by atoms with Crippen LogP contribution in [-0.2, 0) is 32.2 Å². The Hall–Kier alpha value is -3.96. The molecule has 0 aliphatic carbocycles. The van der Waals surface area contributed by atoms with Crippen molar-refractivity contribution in [2.75, 3.05) is 32.9 Å². The summed E-state index contributed by atoms with van der Waals surface area (Å²) in [5.74, 6) is -1.02. The van der Waals surface area contributed by atoms with Crippen LogP contribution in [-0.4, -0.2) is 79.1 Å². The molecule has 11 nitrogen and oxygen atoms in total. The van der Waals surface area contributed by atoms with Crippen LogP contribution >= 0.6 is 0 Å². The summed E-state index contributed by atoms with van der Waals surface area (Å²) >= 11 is 0. The summed E-state index contributed by atoms with van der Waals surface area (Å²) in [6.45, 7) is 12.1. The van der Waals surface area contributed by atoms with E-state index in [4.69, 9.17) is 9.47 Å². The maximum Gasteiger partial charge on any atom is 0.255 e. The standard InChI is InChI=1S/C34H47N5O6/c1-23(2)28-22-45-29-8-6-5-7-26(29)32(42)37-27(13-14-30(40)38-34(3,4)19-31(41)36-28)33(43)35-20-24-9-11-25(12-10-24)21-39-15-17-44-18-16-39/h5-12,23,27-28H,13-22H2,1-4H3,(H,35,43)(H,36,41)(H,37,42)(H,38,40)/t27-,28-/m0/s1. The lowest BCUT2D eigenvalue weighted by molar-refractivity contribution is -0.126. The third kappa shape index (κ3) is 10.6. The molecule has 0 radical (unpaired) electrons. The zero-order valence-electron chi connectivity index (χ0n) is 26.8. The number of amides is 4. The van der Waals surface area contributed by atoms with E-state index in [1.165, 1.54) is 5.56 Å². The molecule has 4 rings (SSSR count). The van der Waals surface area contributed by atoms with Gasteiger partial charge in [-0.25, -0.2) is 0 Å². The number of rotatable bonds is 6. The Labute approximate surface area is 265 Å². The van der Waals surface area contributed by atoms with Gasteiger partial charge in [0.1, 0.15) is 18.4 Å². The minimum atomic E-state index is -0.973. The number of para-hydroxylation sites is 1. The fourth-order valence-electron chi connectivity index (χ4n) is 5.38. The molecule has 1 saturated heterocycles. The molecule has 2 aliphatic heterocycles. The molecular formula is C34H47N5O6. The van der Waals surface area contributed by atoms with Crippen LogP contribution in [0.4, 0.5) is 0 Å². The molecule has 4 amide bonds. The number of ether oxygens (including phenoxy) is 2. The molecule has 45 heavy (non-hydrogen) atoms. The molecule has 0 bridgehead atoms. The number of benzene rings is 2. The monoisotopic (exact) mass is 621 g/mol. The minimum Gasteiger partial charge on any atom is -0.491 e. The van der Waals surface area contributed by atoms with Crippen LogP contribution in [0.2, 0.25) is 0 Å². The molecule has 2 heterocycles. The summed E-state index contributed by atoms with van der Waals surface area (Å²) in [7, 11) is 0. The maximum atomic E-state index is 13.5. The topological polar surface area (TPSA) is 138 Å². The Morgan fingerprint density at radius 2 is 1.67 bits per heavy atom. The fourth-order valence-corrected chi connectivity index (χ4v) is 5.38. The van der Waals surface area contributed by atoms with E-state index in [0.717, 1.165) is 38.4 Å². The van der Waals surface area contributed by atoms with Crippen LogP contribution in [0.3, 0.4) is 0 Å². The number of morpholine rings is 1. The first kappa shape index (κ1) is 33.9. The number of carbonyl (C=O) groups excluding carboxylic acids is 4.